The van der Waals surface area contributed by atoms with Crippen molar-refractivity contribution in [3.8, 4) is 11.6 Å². The van der Waals surface area contributed by atoms with Crippen molar-refractivity contribution < 1.29 is 14.3 Å². The Bertz CT molecular complexity index is 453. The summed E-state index contributed by atoms with van der Waals surface area (Å²) in [5.74, 6) is 1.27. The average molecular weight is 292 g/mol. The van der Waals surface area contributed by atoms with E-state index >= 15 is 0 Å². The second kappa shape index (κ2) is 7.41. The molecular formula is C16H24N2O3. The largest absolute Gasteiger partial charge is 0.484 e. The van der Waals surface area contributed by atoms with Crippen molar-refractivity contribution in [3.05, 3.63) is 18.3 Å². The predicted octanol–water partition coefficient (Wildman–Crippen LogP) is 2.20. The molecule has 1 N–H and O–H groups in total. The first-order valence-corrected chi connectivity index (χ1v) is 7.60. The smallest absolute Gasteiger partial charge is 0.213 e. The molecule has 0 radical (unpaired) electrons. The molecule has 1 saturated carbocycles. The Balaban J connectivity index is 1.74. The van der Waals surface area contributed by atoms with Crippen LogP contribution in [-0.4, -0.2) is 36.1 Å². The predicted molar refractivity (Wildman–Crippen MR) is 80.7 cm³/mol. The Morgan fingerprint density at radius 2 is 2.19 bits per heavy atom. The number of hydrogen-bond donors (Lipinski definition) is 1. The Kier molecular flexibility index (Phi) is 5.56. The van der Waals surface area contributed by atoms with Crippen molar-refractivity contribution in [2.45, 2.75) is 45.8 Å². The molecule has 1 aliphatic carbocycles. The number of carbonyl (C=O) groups is 1. The monoisotopic (exact) mass is 292 g/mol. The summed E-state index contributed by atoms with van der Waals surface area (Å²) in [7, 11) is 0. The topological polar surface area (TPSA) is 60.5 Å². The fraction of sp³-hybridized carbons (Fsp3) is 0.625. The van der Waals surface area contributed by atoms with E-state index in [1.54, 1.807) is 18.3 Å². The van der Waals surface area contributed by atoms with E-state index in [1.807, 2.05) is 13.8 Å². The van der Waals surface area contributed by atoms with Crippen LogP contribution >= 0.6 is 0 Å². The minimum Gasteiger partial charge on any atom is -0.484 e. The molecule has 21 heavy (non-hydrogen) atoms. The highest BCUT2D eigenvalue weighted by Gasteiger charge is 2.30. The van der Waals surface area contributed by atoms with Gasteiger partial charge in [0.25, 0.3) is 0 Å². The van der Waals surface area contributed by atoms with Gasteiger partial charge in [0.1, 0.15) is 18.5 Å². The highest BCUT2D eigenvalue weighted by Crippen LogP contribution is 2.25. The summed E-state index contributed by atoms with van der Waals surface area (Å²) >= 11 is 0. The lowest BCUT2D eigenvalue weighted by Gasteiger charge is -2.35. The molecule has 0 aliphatic heterocycles. The summed E-state index contributed by atoms with van der Waals surface area (Å²) in [5.41, 5.74) is 0. The van der Waals surface area contributed by atoms with Gasteiger partial charge in [0, 0.05) is 18.0 Å². The van der Waals surface area contributed by atoms with Crippen LogP contribution in [0.15, 0.2) is 18.3 Å². The Morgan fingerprint density at radius 1 is 1.43 bits per heavy atom. The molecule has 1 aromatic rings. The summed E-state index contributed by atoms with van der Waals surface area (Å²) in [6.07, 6.45) is 3.90. The van der Waals surface area contributed by atoms with E-state index in [1.165, 1.54) is 0 Å². The number of pyridine rings is 1. The van der Waals surface area contributed by atoms with E-state index in [-0.39, 0.29) is 24.4 Å². The van der Waals surface area contributed by atoms with Crippen molar-refractivity contribution in [3.63, 3.8) is 0 Å². The van der Waals surface area contributed by atoms with E-state index in [0.717, 1.165) is 19.4 Å². The Hall–Kier alpha value is -1.62. The molecule has 1 aliphatic rings. The van der Waals surface area contributed by atoms with Gasteiger partial charge < -0.3 is 14.8 Å². The molecule has 5 heteroatoms. The van der Waals surface area contributed by atoms with Gasteiger partial charge in [0.15, 0.2) is 5.78 Å². The molecule has 5 nitrogen and oxygen atoms in total. The zero-order chi connectivity index (χ0) is 15.2. The fourth-order valence-electron chi connectivity index (χ4n) is 2.13. The minimum atomic E-state index is -0.0103. The molecule has 0 saturated heterocycles. The van der Waals surface area contributed by atoms with Crippen molar-refractivity contribution in [1.29, 1.82) is 0 Å². The van der Waals surface area contributed by atoms with Gasteiger partial charge >= 0.3 is 0 Å². The van der Waals surface area contributed by atoms with Crippen molar-refractivity contribution in [1.82, 2.24) is 10.3 Å². The number of hydrogen-bond acceptors (Lipinski definition) is 5. The van der Waals surface area contributed by atoms with Crippen molar-refractivity contribution in [2.75, 3.05) is 13.2 Å². The van der Waals surface area contributed by atoms with E-state index in [0.29, 0.717) is 17.7 Å². The molecule has 116 valence electrons. The summed E-state index contributed by atoms with van der Waals surface area (Å²) in [6, 6.07) is 4.15. The second-order valence-corrected chi connectivity index (χ2v) is 5.71. The van der Waals surface area contributed by atoms with Crippen molar-refractivity contribution in [2.24, 2.45) is 5.92 Å². The van der Waals surface area contributed by atoms with E-state index < -0.39 is 0 Å². The van der Waals surface area contributed by atoms with Gasteiger partial charge in [-0.25, -0.2) is 4.98 Å². The average Bonchev–Trinajstić information content (AvgIpc) is 2.43. The Labute approximate surface area is 126 Å². The van der Waals surface area contributed by atoms with Gasteiger partial charge in [-0.05, 0) is 25.5 Å². The number of carbonyl (C=O) groups excluding carboxylic acids is 1. The van der Waals surface area contributed by atoms with Crippen LogP contribution in [-0.2, 0) is 4.79 Å². The maximum atomic E-state index is 11.5. The third-order valence-corrected chi connectivity index (χ3v) is 3.61. The first-order valence-electron chi connectivity index (χ1n) is 7.60. The first-order chi connectivity index (χ1) is 10.1. The van der Waals surface area contributed by atoms with Gasteiger partial charge in [-0.2, -0.15) is 0 Å². The van der Waals surface area contributed by atoms with E-state index in [4.69, 9.17) is 9.47 Å². The molecule has 0 spiro atoms. The molecule has 0 aromatic carbocycles. The molecular weight excluding hydrogens is 268 g/mol. The normalized spacial score (nSPS) is 21.0. The van der Waals surface area contributed by atoms with Crippen LogP contribution in [0.5, 0.6) is 11.6 Å². The number of nitrogens with one attached hydrogen (secondary N) is 1. The number of ether oxygens (including phenoxy) is 2. The quantitative estimate of drug-likeness (QED) is 0.796. The number of ketones is 1. The number of rotatable bonds is 8. The first kappa shape index (κ1) is 15.8. The molecule has 1 aromatic heterocycles. The summed E-state index contributed by atoms with van der Waals surface area (Å²) in [6.45, 7) is 6.92. The molecule has 0 bridgehead atoms. The molecule has 0 unspecified atom stereocenters. The summed E-state index contributed by atoms with van der Waals surface area (Å²) < 4.78 is 11.2. The lowest BCUT2D eigenvalue weighted by Crippen LogP contribution is -2.46. The van der Waals surface area contributed by atoms with Gasteiger partial charge in [-0.1, -0.05) is 20.8 Å². The van der Waals surface area contributed by atoms with Gasteiger partial charge in [-0.3, -0.25) is 4.79 Å². The molecule has 1 fully saturated rings. The Morgan fingerprint density at radius 3 is 2.76 bits per heavy atom. The van der Waals surface area contributed by atoms with Gasteiger partial charge in [0.2, 0.25) is 5.88 Å². The highest BCUT2D eigenvalue weighted by atomic mass is 16.5. The zero-order valence-corrected chi connectivity index (χ0v) is 13.0. The van der Waals surface area contributed by atoms with Gasteiger partial charge in [0.05, 0.1) is 6.20 Å². The molecule has 0 amide bonds. The molecule has 1 heterocycles. The maximum Gasteiger partial charge on any atom is 0.213 e. The summed E-state index contributed by atoms with van der Waals surface area (Å²) in [4.78, 5) is 15.7. The number of Topliss-reactive ketones (excluding diaryl/α,β-unsaturated/α-hetero) is 1. The number of nitrogens with zero attached hydrogens (tertiary/aromatic N) is 1. The second-order valence-electron chi connectivity index (χ2n) is 5.71. The lowest BCUT2D eigenvalue weighted by molar-refractivity contribution is -0.123. The molecule has 0 atom stereocenters. The highest BCUT2D eigenvalue weighted by molar-refractivity contribution is 5.81. The zero-order valence-electron chi connectivity index (χ0n) is 13.0. The van der Waals surface area contributed by atoms with Crippen LogP contribution in [0, 0.1) is 5.92 Å². The van der Waals surface area contributed by atoms with Crippen LogP contribution < -0.4 is 14.8 Å². The van der Waals surface area contributed by atoms with E-state index in [9.17, 15) is 4.79 Å². The fourth-order valence-corrected chi connectivity index (χ4v) is 2.13. The van der Waals surface area contributed by atoms with Crippen LogP contribution in [0.2, 0.25) is 0 Å². The van der Waals surface area contributed by atoms with Crippen LogP contribution in [0.1, 0.15) is 33.6 Å². The third kappa shape index (κ3) is 4.70. The SMILES string of the molecule is CCNC1CC(Oc2ccc(OCC(=O)C(C)C)cn2)C1. The van der Waals surface area contributed by atoms with E-state index in [2.05, 4.69) is 17.2 Å². The van der Waals surface area contributed by atoms with Crippen LogP contribution in [0.4, 0.5) is 0 Å². The van der Waals surface area contributed by atoms with Crippen LogP contribution in [0.3, 0.4) is 0 Å². The van der Waals surface area contributed by atoms with Crippen molar-refractivity contribution >= 4 is 5.78 Å². The minimum absolute atomic E-state index is 0.0103. The third-order valence-electron chi connectivity index (χ3n) is 3.61. The molecule has 2 rings (SSSR count). The van der Waals surface area contributed by atoms with Crippen LogP contribution in [0.25, 0.3) is 0 Å². The van der Waals surface area contributed by atoms with Gasteiger partial charge in [-0.15, -0.1) is 0 Å². The standard InChI is InChI=1S/C16H24N2O3/c1-4-17-12-7-14(8-12)21-16-6-5-13(9-18-16)20-10-15(19)11(2)3/h5-6,9,11-12,14,17H,4,7-8,10H2,1-3H3. The summed E-state index contributed by atoms with van der Waals surface area (Å²) in [5, 5.41) is 3.39. The maximum absolute atomic E-state index is 11.5. The number of aromatic nitrogens is 1. The lowest BCUT2D eigenvalue weighted by atomic mass is 9.89.